The molecule has 1 aromatic heterocycles. The number of pyridine rings is 1. The second-order valence-corrected chi connectivity index (χ2v) is 5.67. The van der Waals surface area contributed by atoms with Gasteiger partial charge in [0, 0.05) is 17.0 Å². The van der Waals surface area contributed by atoms with E-state index in [9.17, 15) is 5.26 Å². The number of methoxy groups -OCH3 is 2. The number of fused-ring (bicyclic) bond motifs is 2. The van der Waals surface area contributed by atoms with Crippen molar-refractivity contribution in [2.45, 2.75) is 0 Å². The average Bonchev–Trinajstić information content (AvgIpc) is 3.09. The van der Waals surface area contributed by atoms with Crippen LogP contribution in [0.4, 0.5) is 11.5 Å². The van der Waals surface area contributed by atoms with E-state index < -0.39 is 0 Å². The van der Waals surface area contributed by atoms with Gasteiger partial charge in [-0.2, -0.15) is 5.26 Å². The maximum Gasteiger partial charge on any atom is 0.162 e. The second-order valence-electron chi connectivity index (χ2n) is 5.67. The molecule has 2 aliphatic rings. The summed E-state index contributed by atoms with van der Waals surface area (Å²) in [4.78, 5) is 4.60. The van der Waals surface area contributed by atoms with Crippen molar-refractivity contribution in [3.8, 4) is 28.9 Å². The second kappa shape index (κ2) is 6.30. The van der Waals surface area contributed by atoms with Crippen molar-refractivity contribution in [3.05, 3.63) is 54.3 Å². The fourth-order valence-corrected chi connectivity index (χ4v) is 2.90. The Morgan fingerprint density at radius 1 is 1.08 bits per heavy atom. The van der Waals surface area contributed by atoms with Gasteiger partial charge in [-0.3, -0.25) is 0 Å². The van der Waals surface area contributed by atoms with E-state index in [2.05, 4.69) is 16.4 Å². The van der Waals surface area contributed by atoms with Gasteiger partial charge < -0.3 is 19.2 Å². The predicted octanol–water partition coefficient (Wildman–Crippen LogP) is 4.57. The van der Waals surface area contributed by atoms with Crippen molar-refractivity contribution >= 4 is 22.4 Å². The first-order valence-electron chi connectivity index (χ1n) is 7.93. The van der Waals surface area contributed by atoms with Crippen molar-refractivity contribution < 1.29 is 13.9 Å². The van der Waals surface area contributed by atoms with Gasteiger partial charge in [0.1, 0.15) is 11.9 Å². The van der Waals surface area contributed by atoms with Gasteiger partial charge >= 0.3 is 0 Å². The lowest BCUT2D eigenvalue weighted by molar-refractivity contribution is 0.356. The summed E-state index contributed by atoms with van der Waals surface area (Å²) in [5.41, 5.74) is 2.84. The number of ether oxygens (including phenoxy) is 2. The van der Waals surface area contributed by atoms with Crippen LogP contribution in [-0.4, -0.2) is 19.2 Å². The molecule has 0 saturated carbocycles. The molecular formula is C20H15N3O3. The van der Waals surface area contributed by atoms with Crippen molar-refractivity contribution in [2.24, 2.45) is 0 Å². The van der Waals surface area contributed by atoms with Crippen molar-refractivity contribution in [1.82, 2.24) is 4.98 Å². The van der Waals surface area contributed by atoms with Crippen LogP contribution in [0.1, 0.15) is 5.56 Å². The first-order chi connectivity index (χ1) is 12.7. The molecule has 0 radical (unpaired) electrons. The zero-order chi connectivity index (χ0) is 18.1. The summed E-state index contributed by atoms with van der Waals surface area (Å²) < 4.78 is 16.2. The van der Waals surface area contributed by atoms with Gasteiger partial charge in [-0.15, -0.1) is 0 Å². The number of benzene rings is 1. The van der Waals surface area contributed by atoms with E-state index in [1.165, 1.54) is 0 Å². The van der Waals surface area contributed by atoms with Crippen LogP contribution in [0.25, 0.3) is 22.2 Å². The molecule has 0 unspecified atom stereocenters. The van der Waals surface area contributed by atoms with Crippen LogP contribution in [0, 0.1) is 11.3 Å². The zero-order valence-corrected chi connectivity index (χ0v) is 14.2. The van der Waals surface area contributed by atoms with E-state index in [1.54, 1.807) is 38.7 Å². The number of aromatic nitrogens is 1. The van der Waals surface area contributed by atoms with Gasteiger partial charge in [-0.05, 0) is 36.4 Å². The van der Waals surface area contributed by atoms with Crippen LogP contribution in [0.5, 0.6) is 11.5 Å². The van der Waals surface area contributed by atoms with Crippen LogP contribution in [0.3, 0.4) is 0 Å². The minimum Gasteiger partial charge on any atom is -0.493 e. The van der Waals surface area contributed by atoms with Crippen molar-refractivity contribution in [1.29, 1.82) is 5.26 Å². The summed E-state index contributed by atoms with van der Waals surface area (Å²) >= 11 is 0. The maximum absolute atomic E-state index is 9.54. The monoisotopic (exact) mass is 345 g/mol. The molecule has 26 heavy (non-hydrogen) atoms. The van der Waals surface area contributed by atoms with E-state index in [0.717, 1.165) is 16.6 Å². The number of nitriles is 1. The molecule has 6 heteroatoms. The Morgan fingerprint density at radius 3 is 2.65 bits per heavy atom. The normalized spacial score (nSPS) is 10.7. The lowest BCUT2D eigenvalue weighted by atomic mass is 10.1. The minimum absolute atomic E-state index is 0.426. The molecule has 6 nitrogen and oxygen atoms in total. The lowest BCUT2D eigenvalue weighted by Gasteiger charge is -2.12. The Hall–Kier alpha value is -3.72. The summed E-state index contributed by atoms with van der Waals surface area (Å²) in [5.74, 6) is 2.34. The Balaban J connectivity index is 1.83. The summed E-state index contributed by atoms with van der Waals surface area (Å²) in [7, 11) is 3.15. The Bertz CT molecular complexity index is 1110. The first-order valence-corrected chi connectivity index (χ1v) is 7.93. The standard InChI is InChI=1S/C20H15N3O3/c1-24-17-9-13-8-14(11-21)20(23-16(13)10-18(17)25-2)22-15-6-5-12-4-3-7-26-19(12)15/h3-10H,1-2H3,(H,22,23). The van der Waals surface area contributed by atoms with Gasteiger partial charge in [0.25, 0.3) is 0 Å². The van der Waals surface area contributed by atoms with Gasteiger partial charge in [0.2, 0.25) is 0 Å². The van der Waals surface area contributed by atoms with Crippen LogP contribution >= 0.6 is 0 Å². The van der Waals surface area contributed by atoms with Crippen molar-refractivity contribution in [2.75, 3.05) is 19.5 Å². The molecule has 128 valence electrons. The molecule has 0 fully saturated rings. The fraction of sp³-hybridized carbons (Fsp3) is 0.100. The highest BCUT2D eigenvalue weighted by molar-refractivity contribution is 5.88. The highest BCUT2D eigenvalue weighted by Gasteiger charge is 2.15. The number of nitrogens with one attached hydrogen (secondary N) is 1. The number of rotatable bonds is 4. The maximum atomic E-state index is 9.54. The predicted molar refractivity (Wildman–Crippen MR) is 98.2 cm³/mol. The Labute approximate surface area is 149 Å². The molecule has 0 saturated heterocycles. The SMILES string of the molecule is COc1cc2cc(C#N)c(Nc3ccc4cccoc3-4)nc2cc1OC. The number of hydrogen-bond acceptors (Lipinski definition) is 6. The average molecular weight is 345 g/mol. The summed E-state index contributed by atoms with van der Waals surface area (Å²) in [6.07, 6.45) is 1.61. The van der Waals surface area contributed by atoms with E-state index in [4.69, 9.17) is 13.9 Å². The summed E-state index contributed by atoms with van der Waals surface area (Å²) in [6, 6.07) is 15.2. The number of anilines is 2. The topological polar surface area (TPSA) is 80.3 Å². The van der Waals surface area contributed by atoms with Crippen LogP contribution < -0.4 is 14.8 Å². The number of nitrogens with zero attached hydrogens (tertiary/aromatic N) is 2. The van der Waals surface area contributed by atoms with E-state index in [-0.39, 0.29) is 0 Å². The quantitative estimate of drug-likeness (QED) is 0.584. The minimum atomic E-state index is 0.426. The van der Waals surface area contributed by atoms with Crippen LogP contribution in [0.15, 0.2) is 53.1 Å². The third-order valence-corrected chi connectivity index (χ3v) is 4.17. The Morgan fingerprint density at radius 2 is 1.88 bits per heavy atom. The van der Waals surface area contributed by atoms with E-state index in [0.29, 0.717) is 34.2 Å². The van der Waals surface area contributed by atoms with Gasteiger partial charge in [-0.1, -0.05) is 0 Å². The summed E-state index contributed by atoms with van der Waals surface area (Å²) in [5, 5.41) is 13.5. The molecule has 1 aliphatic heterocycles. The molecular weight excluding hydrogens is 330 g/mol. The van der Waals surface area contributed by atoms with E-state index in [1.807, 2.05) is 24.3 Å². The highest BCUT2D eigenvalue weighted by atomic mass is 16.5. The Kier molecular flexibility index (Phi) is 3.82. The van der Waals surface area contributed by atoms with Gasteiger partial charge in [-0.25, -0.2) is 4.98 Å². The molecule has 0 atom stereocenters. The van der Waals surface area contributed by atoms with Crippen LogP contribution in [0.2, 0.25) is 0 Å². The van der Waals surface area contributed by atoms with Crippen molar-refractivity contribution in [3.63, 3.8) is 0 Å². The third kappa shape index (κ3) is 2.56. The smallest absolute Gasteiger partial charge is 0.162 e. The van der Waals surface area contributed by atoms with Crippen LogP contribution in [-0.2, 0) is 0 Å². The molecule has 0 amide bonds. The molecule has 4 rings (SSSR count). The molecule has 2 aromatic rings. The largest absolute Gasteiger partial charge is 0.493 e. The molecule has 1 aliphatic carbocycles. The van der Waals surface area contributed by atoms with Gasteiger partial charge in [0.15, 0.2) is 17.3 Å². The highest BCUT2D eigenvalue weighted by Crippen LogP contribution is 2.36. The zero-order valence-electron chi connectivity index (χ0n) is 14.2. The van der Waals surface area contributed by atoms with Gasteiger partial charge in [0.05, 0.1) is 37.3 Å². The molecule has 0 spiro atoms. The summed E-state index contributed by atoms with van der Waals surface area (Å²) in [6.45, 7) is 0. The molecule has 0 bridgehead atoms. The fourth-order valence-electron chi connectivity index (χ4n) is 2.90. The first kappa shape index (κ1) is 15.8. The molecule has 1 N–H and O–H groups in total. The third-order valence-electron chi connectivity index (χ3n) is 4.17. The molecule has 1 aromatic carbocycles. The molecule has 2 heterocycles. The number of hydrogen-bond donors (Lipinski definition) is 1. The lowest BCUT2D eigenvalue weighted by Crippen LogP contribution is -1.99. The van der Waals surface area contributed by atoms with E-state index >= 15 is 0 Å².